The van der Waals surface area contributed by atoms with Gasteiger partial charge in [0.05, 0.1) is 0 Å². The van der Waals surface area contributed by atoms with E-state index in [4.69, 9.17) is 0 Å². The number of nitrogens with one attached hydrogen (secondary N) is 1. The number of nitrogens with zero attached hydrogens (tertiary/aromatic N) is 1. The number of thioether (sulfide) groups is 1. The predicted octanol–water partition coefficient (Wildman–Crippen LogP) is 2.49. The second kappa shape index (κ2) is 5.50. The first-order valence-electron chi connectivity index (χ1n) is 7.41. The Morgan fingerprint density at radius 2 is 1.88 bits per heavy atom. The Morgan fingerprint density at radius 1 is 1.12 bits per heavy atom. The third-order valence-corrected chi connectivity index (χ3v) is 6.36. The molecule has 0 aliphatic carbocycles. The van der Waals surface area contributed by atoms with Crippen LogP contribution in [0.15, 0.2) is 0 Å². The molecular weight excluding hydrogens is 228 g/mol. The van der Waals surface area contributed by atoms with Gasteiger partial charge in [-0.2, -0.15) is 11.8 Å². The van der Waals surface area contributed by atoms with Crippen LogP contribution in [-0.4, -0.2) is 47.6 Å². The van der Waals surface area contributed by atoms with E-state index in [2.05, 4.69) is 29.0 Å². The van der Waals surface area contributed by atoms with Gasteiger partial charge in [0, 0.05) is 29.9 Å². The maximum Gasteiger partial charge on any atom is 0.0175 e. The van der Waals surface area contributed by atoms with Gasteiger partial charge in [-0.15, -0.1) is 0 Å². The van der Waals surface area contributed by atoms with E-state index in [1.807, 2.05) is 0 Å². The van der Waals surface area contributed by atoms with Gasteiger partial charge in [-0.1, -0.05) is 6.42 Å². The summed E-state index contributed by atoms with van der Waals surface area (Å²) in [4.78, 5) is 2.87. The van der Waals surface area contributed by atoms with Crippen LogP contribution >= 0.6 is 11.8 Å². The molecule has 0 radical (unpaired) electrons. The minimum atomic E-state index is 0.794. The lowest BCUT2D eigenvalue weighted by molar-refractivity contribution is 0.118. The van der Waals surface area contributed by atoms with E-state index in [-0.39, 0.29) is 0 Å². The molecule has 0 aromatic heterocycles. The molecule has 3 rings (SSSR count). The van der Waals surface area contributed by atoms with Crippen molar-refractivity contribution in [2.45, 2.75) is 68.3 Å². The highest BCUT2D eigenvalue weighted by molar-refractivity contribution is 7.99. The van der Waals surface area contributed by atoms with Crippen LogP contribution in [0, 0.1) is 0 Å². The first kappa shape index (κ1) is 12.3. The van der Waals surface area contributed by atoms with E-state index < -0.39 is 0 Å². The molecule has 3 saturated heterocycles. The largest absolute Gasteiger partial charge is 0.317 e. The summed E-state index contributed by atoms with van der Waals surface area (Å²) in [7, 11) is 2.14. The van der Waals surface area contributed by atoms with Gasteiger partial charge >= 0.3 is 0 Å². The quantitative estimate of drug-likeness (QED) is 0.833. The Bertz CT molecular complexity index is 239. The Hall–Kier alpha value is 0.270. The molecule has 1 N–H and O–H groups in total. The first-order valence-corrected chi connectivity index (χ1v) is 8.46. The highest BCUT2D eigenvalue weighted by Gasteiger charge is 2.40. The molecule has 3 unspecified atom stereocenters. The van der Waals surface area contributed by atoms with E-state index in [9.17, 15) is 0 Å². The molecule has 2 bridgehead atoms. The fraction of sp³-hybridized carbons (Fsp3) is 1.00. The molecule has 0 spiro atoms. The maximum absolute atomic E-state index is 3.50. The molecule has 17 heavy (non-hydrogen) atoms. The number of hydrogen-bond donors (Lipinski definition) is 1. The molecule has 3 aliphatic rings. The average Bonchev–Trinajstić information content (AvgIpc) is 2.63. The van der Waals surface area contributed by atoms with Crippen molar-refractivity contribution in [3.63, 3.8) is 0 Å². The lowest BCUT2D eigenvalue weighted by atomic mass is 9.97. The van der Waals surface area contributed by atoms with Crippen LogP contribution in [0.2, 0.25) is 0 Å². The molecule has 0 aromatic carbocycles. The Morgan fingerprint density at radius 3 is 2.47 bits per heavy atom. The van der Waals surface area contributed by atoms with Gasteiger partial charge in [-0.3, -0.25) is 4.90 Å². The van der Waals surface area contributed by atoms with Crippen molar-refractivity contribution in [3.8, 4) is 0 Å². The first-order chi connectivity index (χ1) is 8.36. The zero-order chi connectivity index (χ0) is 11.7. The normalized spacial score (nSPS) is 42.9. The molecule has 3 heterocycles. The molecule has 0 saturated carbocycles. The van der Waals surface area contributed by atoms with Gasteiger partial charge in [0.25, 0.3) is 0 Å². The molecule has 2 nitrogen and oxygen atoms in total. The minimum Gasteiger partial charge on any atom is -0.317 e. The molecule has 0 amide bonds. The zero-order valence-corrected chi connectivity index (χ0v) is 11.8. The van der Waals surface area contributed by atoms with Gasteiger partial charge in [0.2, 0.25) is 0 Å². The molecule has 0 aromatic rings. The summed E-state index contributed by atoms with van der Waals surface area (Å²) in [5.41, 5.74) is 0. The topological polar surface area (TPSA) is 15.3 Å². The molecular formula is C14H26N2S. The van der Waals surface area contributed by atoms with E-state index in [1.54, 1.807) is 0 Å². The molecule has 3 atom stereocenters. The maximum atomic E-state index is 3.50. The van der Waals surface area contributed by atoms with Crippen LogP contribution in [0.1, 0.15) is 44.9 Å². The zero-order valence-electron chi connectivity index (χ0n) is 11.0. The van der Waals surface area contributed by atoms with E-state index >= 15 is 0 Å². The number of hydrogen-bond acceptors (Lipinski definition) is 3. The van der Waals surface area contributed by atoms with Crippen molar-refractivity contribution in [2.24, 2.45) is 0 Å². The average molecular weight is 254 g/mol. The third-order valence-electron chi connectivity index (χ3n) is 4.98. The summed E-state index contributed by atoms with van der Waals surface area (Å²) >= 11 is 2.24. The summed E-state index contributed by atoms with van der Waals surface area (Å²) in [6.45, 7) is 1.39. The Balaban J connectivity index is 1.57. The summed E-state index contributed by atoms with van der Waals surface area (Å²) in [6, 6.07) is 2.59. The van der Waals surface area contributed by atoms with Crippen molar-refractivity contribution in [2.75, 3.05) is 19.3 Å². The van der Waals surface area contributed by atoms with Crippen molar-refractivity contribution < 1.29 is 0 Å². The summed E-state index contributed by atoms with van der Waals surface area (Å²) in [6.07, 6.45) is 10.1. The molecule has 3 aliphatic heterocycles. The Labute approximate surface area is 110 Å². The van der Waals surface area contributed by atoms with Crippen LogP contribution in [0.5, 0.6) is 0 Å². The Kier molecular flexibility index (Phi) is 3.98. The van der Waals surface area contributed by atoms with Gasteiger partial charge in [-0.25, -0.2) is 0 Å². The monoisotopic (exact) mass is 254 g/mol. The number of rotatable bonds is 3. The van der Waals surface area contributed by atoms with Gasteiger partial charge in [0.15, 0.2) is 0 Å². The highest BCUT2D eigenvalue weighted by Crippen LogP contribution is 2.37. The van der Waals surface area contributed by atoms with Crippen molar-refractivity contribution in [3.05, 3.63) is 0 Å². The lowest BCUT2D eigenvalue weighted by Crippen LogP contribution is -2.50. The van der Waals surface area contributed by atoms with E-state index in [0.29, 0.717) is 0 Å². The highest BCUT2D eigenvalue weighted by atomic mass is 32.2. The second-order valence-corrected chi connectivity index (χ2v) is 7.44. The van der Waals surface area contributed by atoms with Crippen LogP contribution in [0.3, 0.4) is 0 Å². The van der Waals surface area contributed by atoms with Crippen molar-refractivity contribution >= 4 is 11.8 Å². The lowest BCUT2D eigenvalue weighted by Gasteiger charge is -2.41. The predicted molar refractivity (Wildman–Crippen MR) is 75.7 cm³/mol. The van der Waals surface area contributed by atoms with Gasteiger partial charge < -0.3 is 5.32 Å². The standard InChI is InChI=1S/C14H26N2S/c1-15-11-8-12-5-6-13(9-11)16(12)10-14-4-2-3-7-17-14/h11-15H,2-10H2,1H3. The summed E-state index contributed by atoms with van der Waals surface area (Å²) in [5, 5.41) is 4.44. The third kappa shape index (κ3) is 2.66. The van der Waals surface area contributed by atoms with E-state index in [1.165, 1.54) is 57.2 Å². The smallest absolute Gasteiger partial charge is 0.0175 e. The number of fused-ring (bicyclic) bond motifs is 2. The fourth-order valence-electron chi connectivity index (χ4n) is 3.99. The second-order valence-electron chi connectivity index (χ2n) is 6.03. The van der Waals surface area contributed by atoms with E-state index in [0.717, 1.165) is 23.4 Å². The summed E-state index contributed by atoms with van der Waals surface area (Å²) < 4.78 is 0. The SMILES string of the molecule is CNC1CC2CCC(C1)N2CC1CCCCS1. The van der Waals surface area contributed by atoms with Crippen LogP contribution in [0.4, 0.5) is 0 Å². The fourth-order valence-corrected chi connectivity index (χ4v) is 5.31. The van der Waals surface area contributed by atoms with Gasteiger partial charge in [0.1, 0.15) is 0 Å². The summed E-state index contributed by atoms with van der Waals surface area (Å²) in [5.74, 6) is 1.41. The minimum absolute atomic E-state index is 0.794. The van der Waals surface area contributed by atoms with Crippen LogP contribution < -0.4 is 5.32 Å². The molecule has 98 valence electrons. The molecule has 3 heteroatoms. The van der Waals surface area contributed by atoms with Crippen LogP contribution in [-0.2, 0) is 0 Å². The van der Waals surface area contributed by atoms with Crippen molar-refractivity contribution in [1.29, 1.82) is 0 Å². The number of piperidine rings is 1. The molecule has 3 fully saturated rings. The van der Waals surface area contributed by atoms with Gasteiger partial charge in [-0.05, 0) is 51.3 Å². The van der Waals surface area contributed by atoms with Crippen LogP contribution in [0.25, 0.3) is 0 Å². The van der Waals surface area contributed by atoms with Crippen molar-refractivity contribution in [1.82, 2.24) is 10.2 Å².